The van der Waals surface area contributed by atoms with Crippen LogP contribution in [0.1, 0.15) is 10.4 Å². The van der Waals surface area contributed by atoms with Crippen molar-refractivity contribution < 1.29 is 24.5 Å². The van der Waals surface area contributed by atoms with Gasteiger partial charge in [0.05, 0.1) is 7.11 Å². The van der Waals surface area contributed by atoms with Crippen LogP contribution in [0.5, 0.6) is 23.0 Å². The van der Waals surface area contributed by atoms with E-state index < -0.39 is 11.7 Å². The van der Waals surface area contributed by atoms with Gasteiger partial charge in [-0.05, 0) is 24.3 Å². The summed E-state index contributed by atoms with van der Waals surface area (Å²) in [7, 11) is 1.44. The fraction of sp³-hybridized carbons (Fsp3) is 0.0714. The van der Waals surface area contributed by atoms with Crippen LogP contribution >= 0.6 is 0 Å². The number of hydrogen-bond acceptors (Lipinski definition) is 5. The number of carbonyl (C=O) groups is 1. The first-order valence-electron chi connectivity index (χ1n) is 5.49. The van der Waals surface area contributed by atoms with E-state index in [0.717, 1.165) is 0 Å². The van der Waals surface area contributed by atoms with Crippen LogP contribution in [0.15, 0.2) is 42.5 Å². The molecule has 0 saturated heterocycles. The number of aromatic hydroxyl groups is 2. The summed E-state index contributed by atoms with van der Waals surface area (Å²) < 4.78 is 10.1. The molecule has 2 aromatic carbocycles. The lowest BCUT2D eigenvalue weighted by atomic mass is 10.2. The number of hydrogen-bond donors (Lipinski definition) is 2. The van der Waals surface area contributed by atoms with Crippen molar-refractivity contribution in [1.82, 2.24) is 0 Å². The van der Waals surface area contributed by atoms with Gasteiger partial charge in [-0.1, -0.05) is 18.2 Å². The molecule has 0 radical (unpaired) electrons. The van der Waals surface area contributed by atoms with E-state index in [1.165, 1.54) is 25.3 Å². The Labute approximate surface area is 109 Å². The Morgan fingerprint density at radius 3 is 2.42 bits per heavy atom. The summed E-state index contributed by atoms with van der Waals surface area (Å²) in [5.41, 5.74) is 0.229. The molecule has 0 bridgehead atoms. The summed E-state index contributed by atoms with van der Waals surface area (Å²) in [6, 6.07) is 10.7. The maximum Gasteiger partial charge on any atom is 0.347 e. The fourth-order valence-electron chi connectivity index (χ4n) is 1.56. The normalized spacial score (nSPS) is 9.95. The number of benzene rings is 2. The van der Waals surface area contributed by atoms with Gasteiger partial charge in [0.25, 0.3) is 0 Å². The number of methoxy groups -OCH3 is 1. The first-order chi connectivity index (χ1) is 9.13. The standard InChI is InChI=1S/C14H12O5/c1-18-11-7-3-2-5-9(11)14(17)19-12-8-4-6-10(15)13(12)16/h2-8,15-16H,1H3. The van der Waals surface area contributed by atoms with Crippen molar-refractivity contribution in [2.24, 2.45) is 0 Å². The van der Waals surface area contributed by atoms with Crippen molar-refractivity contribution in [2.75, 3.05) is 7.11 Å². The Bertz CT molecular complexity index is 607. The number of phenolic OH excluding ortho intramolecular Hbond substituents is 2. The van der Waals surface area contributed by atoms with Crippen LogP contribution in [0.4, 0.5) is 0 Å². The second kappa shape index (κ2) is 5.30. The van der Waals surface area contributed by atoms with Crippen molar-refractivity contribution in [3.63, 3.8) is 0 Å². The molecule has 0 aliphatic rings. The zero-order valence-electron chi connectivity index (χ0n) is 10.2. The Hall–Kier alpha value is -2.69. The third-order valence-electron chi connectivity index (χ3n) is 2.51. The summed E-state index contributed by atoms with van der Waals surface area (Å²) in [4.78, 5) is 12.0. The molecule has 0 atom stereocenters. The highest BCUT2D eigenvalue weighted by Crippen LogP contribution is 2.35. The molecular weight excluding hydrogens is 248 g/mol. The van der Waals surface area contributed by atoms with E-state index in [-0.39, 0.29) is 17.1 Å². The minimum atomic E-state index is -0.682. The quantitative estimate of drug-likeness (QED) is 0.503. The first kappa shape index (κ1) is 12.8. The largest absolute Gasteiger partial charge is 0.504 e. The van der Waals surface area contributed by atoms with Gasteiger partial charge >= 0.3 is 5.97 Å². The second-order valence-electron chi connectivity index (χ2n) is 3.71. The van der Waals surface area contributed by atoms with Gasteiger partial charge in [0, 0.05) is 0 Å². The third kappa shape index (κ3) is 2.60. The zero-order valence-corrected chi connectivity index (χ0v) is 10.2. The van der Waals surface area contributed by atoms with E-state index in [4.69, 9.17) is 9.47 Å². The highest BCUT2D eigenvalue weighted by Gasteiger charge is 2.16. The van der Waals surface area contributed by atoms with Gasteiger partial charge in [0.2, 0.25) is 5.75 Å². The van der Waals surface area contributed by atoms with Crippen molar-refractivity contribution >= 4 is 5.97 Å². The van der Waals surface area contributed by atoms with Crippen molar-refractivity contribution in [3.05, 3.63) is 48.0 Å². The minimum Gasteiger partial charge on any atom is -0.504 e. The Morgan fingerprint density at radius 2 is 1.68 bits per heavy atom. The molecule has 2 rings (SSSR count). The van der Waals surface area contributed by atoms with Crippen molar-refractivity contribution in [1.29, 1.82) is 0 Å². The van der Waals surface area contributed by atoms with Crippen LogP contribution in [-0.4, -0.2) is 23.3 Å². The molecule has 19 heavy (non-hydrogen) atoms. The molecule has 5 heteroatoms. The van der Waals surface area contributed by atoms with Crippen LogP contribution < -0.4 is 9.47 Å². The van der Waals surface area contributed by atoms with Gasteiger partial charge in [-0.15, -0.1) is 0 Å². The van der Waals surface area contributed by atoms with Crippen molar-refractivity contribution in [3.8, 4) is 23.0 Å². The molecule has 2 aromatic rings. The van der Waals surface area contributed by atoms with E-state index in [2.05, 4.69) is 0 Å². The Kier molecular flexibility index (Phi) is 3.56. The summed E-state index contributed by atoms with van der Waals surface area (Å²) >= 11 is 0. The maximum absolute atomic E-state index is 12.0. The number of phenols is 2. The van der Waals surface area contributed by atoms with Gasteiger partial charge < -0.3 is 19.7 Å². The molecule has 0 heterocycles. The predicted octanol–water partition coefficient (Wildman–Crippen LogP) is 2.33. The number of ether oxygens (including phenoxy) is 2. The molecule has 0 aliphatic carbocycles. The maximum atomic E-state index is 12.0. The van der Waals surface area contributed by atoms with Crippen LogP contribution in [0.3, 0.4) is 0 Å². The highest BCUT2D eigenvalue weighted by molar-refractivity contribution is 5.94. The predicted molar refractivity (Wildman–Crippen MR) is 67.7 cm³/mol. The molecule has 0 saturated carbocycles. The van der Waals surface area contributed by atoms with Gasteiger partial charge in [-0.3, -0.25) is 0 Å². The molecule has 0 aliphatic heterocycles. The lowest BCUT2D eigenvalue weighted by Gasteiger charge is -2.09. The Balaban J connectivity index is 2.28. The zero-order chi connectivity index (χ0) is 13.8. The average molecular weight is 260 g/mol. The Morgan fingerprint density at radius 1 is 1.00 bits per heavy atom. The molecule has 0 aromatic heterocycles. The van der Waals surface area contributed by atoms with Gasteiger partial charge in [0.1, 0.15) is 11.3 Å². The summed E-state index contributed by atoms with van der Waals surface area (Å²) in [6.07, 6.45) is 0. The molecule has 0 spiro atoms. The first-order valence-corrected chi connectivity index (χ1v) is 5.49. The van der Waals surface area contributed by atoms with E-state index >= 15 is 0 Å². The lowest BCUT2D eigenvalue weighted by molar-refractivity contribution is 0.0725. The smallest absolute Gasteiger partial charge is 0.347 e. The molecule has 0 fully saturated rings. The average Bonchev–Trinajstić information content (AvgIpc) is 2.43. The van der Waals surface area contributed by atoms with Gasteiger partial charge in [0.15, 0.2) is 11.5 Å². The molecular formula is C14H12O5. The van der Waals surface area contributed by atoms with E-state index in [1.807, 2.05) is 0 Å². The number of carbonyl (C=O) groups excluding carboxylic acids is 1. The van der Waals surface area contributed by atoms with E-state index in [0.29, 0.717) is 5.75 Å². The van der Waals surface area contributed by atoms with Crippen LogP contribution in [0.25, 0.3) is 0 Å². The topological polar surface area (TPSA) is 76.0 Å². The monoisotopic (exact) mass is 260 g/mol. The number of rotatable bonds is 3. The molecule has 0 amide bonds. The summed E-state index contributed by atoms with van der Waals surface area (Å²) in [5, 5.41) is 18.9. The highest BCUT2D eigenvalue weighted by atomic mass is 16.5. The summed E-state index contributed by atoms with van der Waals surface area (Å²) in [6.45, 7) is 0. The van der Waals surface area contributed by atoms with Crippen LogP contribution in [0, 0.1) is 0 Å². The van der Waals surface area contributed by atoms with E-state index in [1.54, 1.807) is 24.3 Å². The molecule has 0 unspecified atom stereocenters. The molecule has 2 N–H and O–H groups in total. The second-order valence-corrected chi connectivity index (χ2v) is 3.71. The molecule has 5 nitrogen and oxygen atoms in total. The number of esters is 1. The SMILES string of the molecule is COc1ccccc1C(=O)Oc1cccc(O)c1O. The number of para-hydroxylation sites is 2. The van der Waals surface area contributed by atoms with Crippen LogP contribution in [0.2, 0.25) is 0 Å². The lowest BCUT2D eigenvalue weighted by Crippen LogP contribution is -2.10. The minimum absolute atomic E-state index is 0.115. The fourth-order valence-corrected chi connectivity index (χ4v) is 1.56. The van der Waals surface area contributed by atoms with E-state index in [9.17, 15) is 15.0 Å². The van der Waals surface area contributed by atoms with Gasteiger partial charge in [-0.2, -0.15) is 0 Å². The third-order valence-corrected chi connectivity index (χ3v) is 2.51. The van der Waals surface area contributed by atoms with Gasteiger partial charge in [-0.25, -0.2) is 4.79 Å². The van der Waals surface area contributed by atoms with Crippen LogP contribution in [-0.2, 0) is 0 Å². The summed E-state index contributed by atoms with van der Waals surface area (Å²) in [5.74, 6) is -1.27. The van der Waals surface area contributed by atoms with Crippen molar-refractivity contribution in [2.45, 2.75) is 0 Å². The molecule has 98 valence electrons.